The molecule has 0 saturated heterocycles. The van der Waals surface area contributed by atoms with Gasteiger partial charge in [0.15, 0.2) is 11.6 Å². The predicted molar refractivity (Wildman–Crippen MR) is 106 cm³/mol. The molecule has 0 aromatic heterocycles. The number of rotatable bonds is 2. The zero-order valence-electron chi connectivity index (χ0n) is 16.2. The van der Waals surface area contributed by atoms with Crippen LogP contribution in [0.15, 0.2) is 23.3 Å². The third-order valence-electron chi connectivity index (χ3n) is 8.63. The lowest BCUT2D eigenvalue weighted by atomic mass is 9.45. The monoisotopic (exact) mass is 412 g/mol. The number of ketones is 2. The molecule has 0 aromatic carbocycles. The lowest BCUT2D eigenvalue weighted by molar-refractivity contribution is -0.129. The van der Waals surface area contributed by atoms with Gasteiger partial charge in [-0.1, -0.05) is 25.0 Å². The molecule has 0 aromatic rings. The molecule has 4 aliphatic rings. The first-order chi connectivity index (χ1) is 12.6. The number of halogens is 3. The molecule has 5 heteroatoms. The Balaban J connectivity index is 1.81. The van der Waals surface area contributed by atoms with E-state index in [1.165, 1.54) is 0 Å². The molecular formula is C22H27Cl2FO2. The van der Waals surface area contributed by atoms with Crippen LogP contribution in [0.25, 0.3) is 0 Å². The van der Waals surface area contributed by atoms with Gasteiger partial charge < -0.3 is 0 Å². The zero-order chi connectivity index (χ0) is 19.8. The van der Waals surface area contributed by atoms with Gasteiger partial charge in [-0.15, -0.1) is 23.2 Å². The highest BCUT2D eigenvalue weighted by atomic mass is 35.5. The van der Waals surface area contributed by atoms with Gasteiger partial charge in [0, 0.05) is 11.3 Å². The van der Waals surface area contributed by atoms with Crippen molar-refractivity contribution in [3.8, 4) is 0 Å². The number of Topliss-reactive ketones (excluding diaryl/α,β-unsaturated/α-hetero) is 1. The standard InChI is InChI=1S/C22H27Cl2FO2/c1-12-8-14(26)9-13-4-5-16-15-6-7-17(18(27)11-25)20(15,2)10-19(23)22(16,24)21(12,13)3/h8-9,15-17,19H,4-7,10-11H2,1-3H3/t15-,16-,17+,19?,20-,21-,22-/m0/s1. The summed E-state index contributed by atoms with van der Waals surface area (Å²) in [5.74, 6) is -0.108. The predicted octanol–water partition coefficient (Wildman–Crippen LogP) is 5.42. The maximum Gasteiger partial charge on any atom is 0.178 e. The van der Waals surface area contributed by atoms with Crippen molar-refractivity contribution in [1.29, 1.82) is 0 Å². The first-order valence-corrected chi connectivity index (χ1v) is 10.8. The van der Waals surface area contributed by atoms with Crippen LogP contribution in [0.5, 0.6) is 0 Å². The number of alkyl halides is 3. The highest BCUT2D eigenvalue weighted by Gasteiger charge is 2.70. The van der Waals surface area contributed by atoms with Crippen LogP contribution in [-0.2, 0) is 9.59 Å². The van der Waals surface area contributed by atoms with E-state index < -0.39 is 17.0 Å². The highest BCUT2D eigenvalue weighted by molar-refractivity contribution is 6.34. The maximum absolute atomic E-state index is 13.2. The molecule has 4 aliphatic carbocycles. The van der Waals surface area contributed by atoms with Gasteiger partial charge in [0.2, 0.25) is 0 Å². The van der Waals surface area contributed by atoms with Gasteiger partial charge in [-0.05, 0) is 68.4 Å². The largest absolute Gasteiger partial charge is 0.296 e. The normalized spacial score (nSPS) is 48.9. The van der Waals surface area contributed by atoms with E-state index in [1.54, 1.807) is 12.2 Å². The van der Waals surface area contributed by atoms with Crippen LogP contribution in [0, 0.1) is 28.6 Å². The Hall–Kier alpha value is -0.670. The van der Waals surface area contributed by atoms with Crippen molar-refractivity contribution in [3.63, 3.8) is 0 Å². The summed E-state index contributed by atoms with van der Waals surface area (Å²) < 4.78 is 13.2. The van der Waals surface area contributed by atoms with E-state index in [1.807, 2.05) is 6.92 Å². The second kappa shape index (κ2) is 6.16. The topological polar surface area (TPSA) is 34.1 Å². The molecule has 0 radical (unpaired) electrons. The molecule has 4 rings (SSSR count). The van der Waals surface area contributed by atoms with Gasteiger partial charge in [0.1, 0.15) is 6.67 Å². The second-order valence-corrected chi connectivity index (χ2v) is 10.6. The summed E-state index contributed by atoms with van der Waals surface area (Å²) >= 11 is 14.5. The molecule has 7 atom stereocenters. The second-order valence-electron chi connectivity index (χ2n) is 9.45. The Bertz CT molecular complexity index is 774. The fourth-order valence-electron chi connectivity index (χ4n) is 7.15. The minimum absolute atomic E-state index is 0.0277. The van der Waals surface area contributed by atoms with Crippen LogP contribution in [0.4, 0.5) is 4.39 Å². The van der Waals surface area contributed by atoms with E-state index in [2.05, 4.69) is 13.8 Å². The van der Waals surface area contributed by atoms with Gasteiger partial charge in [0.25, 0.3) is 0 Å². The average molecular weight is 413 g/mol. The van der Waals surface area contributed by atoms with E-state index in [0.717, 1.165) is 36.8 Å². The van der Waals surface area contributed by atoms with Crippen molar-refractivity contribution in [1.82, 2.24) is 0 Å². The smallest absolute Gasteiger partial charge is 0.178 e. The molecule has 2 nitrogen and oxygen atoms in total. The molecular weight excluding hydrogens is 386 g/mol. The van der Waals surface area contributed by atoms with E-state index in [0.29, 0.717) is 6.42 Å². The third-order valence-corrected chi connectivity index (χ3v) is 10.2. The van der Waals surface area contributed by atoms with Crippen molar-refractivity contribution in [2.24, 2.45) is 28.6 Å². The maximum atomic E-state index is 13.2. The van der Waals surface area contributed by atoms with Crippen LogP contribution >= 0.6 is 23.2 Å². The Morgan fingerprint density at radius 2 is 1.93 bits per heavy atom. The molecule has 0 N–H and O–H groups in total. The van der Waals surface area contributed by atoms with Crippen LogP contribution < -0.4 is 0 Å². The SMILES string of the molecule is CC1=CC(=O)C=C2CC[C@H]3[C@@H]4CC[C@H](C(=O)CF)[C@@]4(C)CC(Cl)[C@]3(Cl)[C@@]12C. The van der Waals surface area contributed by atoms with E-state index in [4.69, 9.17) is 23.2 Å². The number of hydrogen-bond donors (Lipinski definition) is 0. The van der Waals surface area contributed by atoms with Crippen LogP contribution in [0.1, 0.15) is 52.9 Å². The number of allylic oxidation sites excluding steroid dienone is 4. The molecule has 3 fully saturated rings. The summed E-state index contributed by atoms with van der Waals surface area (Å²) in [4.78, 5) is 23.7. The van der Waals surface area contributed by atoms with Crippen molar-refractivity contribution < 1.29 is 14.0 Å². The summed E-state index contributed by atoms with van der Waals surface area (Å²) in [6.07, 6.45) is 7.36. The van der Waals surface area contributed by atoms with Crippen LogP contribution in [-0.4, -0.2) is 28.5 Å². The summed E-state index contributed by atoms with van der Waals surface area (Å²) in [6, 6.07) is 0. The lowest BCUT2D eigenvalue weighted by Gasteiger charge is -2.64. The van der Waals surface area contributed by atoms with Crippen LogP contribution in [0.2, 0.25) is 0 Å². The van der Waals surface area contributed by atoms with Crippen molar-refractivity contribution in [2.45, 2.75) is 63.1 Å². The first-order valence-electron chi connectivity index (χ1n) is 9.96. The number of carbonyl (C=O) groups excluding carboxylic acids is 2. The van der Waals surface area contributed by atoms with Gasteiger partial charge in [-0.25, -0.2) is 4.39 Å². The third kappa shape index (κ3) is 2.31. The van der Waals surface area contributed by atoms with Gasteiger partial charge >= 0.3 is 0 Å². The molecule has 27 heavy (non-hydrogen) atoms. The number of fused-ring (bicyclic) bond motifs is 5. The zero-order valence-corrected chi connectivity index (χ0v) is 17.7. The molecule has 148 valence electrons. The Kier molecular flexibility index (Phi) is 4.48. The van der Waals surface area contributed by atoms with Crippen molar-refractivity contribution >= 4 is 34.8 Å². The molecule has 0 amide bonds. The molecule has 0 aliphatic heterocycles. The quantitative estimate of drug-likeness (QED) is 0.567. The summed E-state index contributed by atoms with van der Waals surface area (Å²) in [6.45, 7) is 5.34. The van der Waals surface area contributed by atoms with E-state index >= 15 is 0 Å². The fourth-order valence-corrected chi connectivity index (χ4v) is 8.47. The van der Waals surface area contributed by atoms with Gasteiger partial charge in [-0.3, -0.25) is 9.59 Å². The Morgan fingerprint density at radius 1 is 1.22 bits per heavy atom. The lowest BCUT2D eigenvalue weighted by Crippen LogP contribution is -2.65. The first kappa shape index (κ1) is 19.6. The average Bonchev–Trinajstić information content (AvgIpc) is 2.94. The molecule has 0 heterocycles. The number of carbonyl (C=O) groups is 2. The minimum atomic E-state index is -0.898. The minimum Gasteiger partial charge on any atom is -0.296 e. The van der Waals surface area contributed by atoms with Crippen LogP contribution in [0.3, 0.4) is 0 Å². The molecule has 0 bridgehead atoms. The van der Waals surface area contributed by atoms with E-state index in [9.17, 15) is 14.0 Å². The fraction of sp³-hybridized carbons (Fsp3) is 0.727. The summed E-state index contributed by atoms with van der Waals surface area (Å²) in [5, 5.41) is -0.344. The van der Waals surface area contributed by atoms with Gasteiger partial charge in [0.05, 0.1) is 10.3 Å². The van der Waals surface area contributed by atoms with Gasteiger partial charge in [-0.2, -0.15) is 0 Å². The Labute approximate surface area is 170 Å². The van der Waals surface area contributed by atoms with Crippen molar-refractivity contribution in [2.75, 3.05) is 6.67 Å². The highest BCUT2D eigenvalue weighted by Crippen LogP contribution is 2.71. The summed E-state index contributed by atoms with van der Waals surface area (Å²) in [7, 11) is 0. The van der Waals surface area contributed by atoms with Crippen molar-refractivity contribution in [3.05, 3.63) is 23.3 Å². The number of hydrogen-bond acceptors (Lipinski definition) is 2. The summed E-state index contributed by atoms with van der Waals surface area (Å²) in [5.41, 5.74) is 1.32. The Morgan fingerprint density at radius 3 is 2.59 bits per heavy atom. The molecule has 1 unspecified atom stereocenters. The molecule has 0 spiro atoms. The van der Waals surface area contributed by atoms with E-state index in [-0.39, 0.29) is 40.1 Å². The molecule has 3 saturated carbocycles.